The number of nitrogens with zero attached hydrogens (tertiary/aromatic N) is 2. The summed E-state index contributed by atoms with van der Waals surface area (Å²) in [6.07, 6.45) is 4.35. The third-order valence-electron chi connectivity index (χ3n) is 5.00. The summed E-state index contributed by atoms with van der Waals surface area (Å²) in [6, 6.07) is 11.9. The normalized spacial score (nSPS) is 11.1. The predicted molar refractivity (Wildman–Crippen MR) is 120 cm³/mol. The van der Waals surface area contributed by atoms with Gasteiger partial charge in [0.25, 0.3) is 0 Å². The Morgan fingerprint density at radius 2 is 1.87 bits per heavy atom. The number of benzene rings is 2. The largest absolute Gasteiger partial charge is 0.415 e. The lowest BCUT2D eigenvalue weighted by Crippen LogP contribution is -2.33. The molecule has 2 amide bonds. The van der Waals surface area contributed by atoms with Crippen LogP contribution in [0.1, 0.15) is 26.3 Å². The molecule has 162 valence electrons. The average molecular weight is 423 g/mol. The molecule has 0 unspecified atom stereocenters. The molecule has 0 radical (unpaired) electrons. The van der Waals surface area contributed by atoms with Gasteiger partial charge in [-0.2, -0.15) is 0 Å². The smallest absolute Gasteiger partial charge is 0.408 e. The highest BCUT2D eigenvalue weighted by molar-refractivity contribution is 6.08. The molecule has 0 saturated carbocycles. The molecule has 0 saturated heterocycles. The van der Waals surface area contributed by atoms with Crippen LogP contribution in [-0.4, -0.2) is 34.6 Å². The Kier molecular flexibility index (Phi) is 7.07. The fourth-order valence-electron chi connectivity index (χ4n) is 3.37. The summed E-state index contributed by atoms with van der Waals surface area (Å²) in [4.78, 5) is 26.3. The Hall–Kier alpha value is -3.61. The van der Waals surface area contributed by atoms with Crippen molar-refractivity contribution in [1.29, 1.82) is 0 Å². The first-order valence-electron chi connectivity index (χ1n) is 10.2. The van der Waals surface area contributed by atoms with Gasteiger partial charge in [-0.25, -0.2) is 9.18 Å². The van der Waals surface area contributed by atoms with Crippen LogP contribution >= 0.6 is 0 Å². The number of rotatable bonds is 7. The van der Waals surface area contributed by atoms with Crippen molar-refractivity contribution < 1.29 is 18.7 Å². The number of nitrogens with one attached hydrogen (secondary N) is 1. The van der Waals surface area contributed by atoms with Gasteiger partial charge in [0.2, 0.25) is 5.91 Å². The Labute approximate surface area is 180 Å². The summed E-state index contributed by atoms with van der Waals surface area (Å²) in [7, 11) is 0. The van der Waals surface area contributed by atoms with Crippen molar-refractivity contribution in [3.05, 3.63) is 72.2 Å². The van der Waals surface area contributed by atoms with Crippen LogP contribution in [0.15, 0.2) is 60.8 Å². The Morgan fingerprint density at radius 3 is 2.55 bits per heavy atom. The number of halogens is 1. The number of carbonyl (C=O) groups excluding carboxylic acids is 2. The fraction of sp³-hybridized carbons (Fsp3) is 0.250. The zero-order chi connectivity index (χ0) is 22.4. The van der Waals surface area contributed by atoms with Gasteiger partial charge in [0.05, 0.1) is 17.7 Å². The number of fused-ring (bicyclic) bond motifs is 1. The van der Waals surface area contributed by atoms with Crippen LogP contribution in [-0.2, 0) is 11.3 Å². The molecule has 0 aliphatic rings. The van der Waals surface area contributed by atoms with Crippen LogP contribution in [0.25, 0.3) is 10.9 Å². The lowest BCUT2D eigenvalue weighted by atomic mass is 10.2. The maximum absolute atomic E-state index is 14.1. The molecule has 7 heteroatoms. The van der Waals surface area contributed by atoms with Gasteiger partial charge in [0.1, 0.15) is 5.82 Å². The molecule has 3 aromatic rings. The lowest BCUT2D eigenvalue weighted by Gasteiger charge is -2.19. The van der Waals surface area contributed by atoms with Crippen molar-refractivity contribution in [1.82, 2.24) is 9.47 Å². The summed E-state index contributed by atoms with van der Waals surface area (Å²) in [5.74, 6) is -0.362. The zero-order valence-corrected chi connectivity index (χ0v) is 17.9. The standard InChI is InChI=1S/C24H26FN3O3/c1-4-9-22(29)26-23-18-14-15-28(16-17-10-7-8-11-19(17)25)20(18)12-13-21(23)31-24(30)27(5-2)6-3/h4,7-15H,5-6,16H2,1-3H3,(H,26,29)/b9-4+. The maximum atomic E-state index is 14.1. The van der Waals surface area contributed by atoms with Gasteiger partial charge in [-0.1, -0.05) is 24.3 Å². The number of amides is 2. The molecular weight excluding hydrogens is 397 g/mol. The van der Waals surface area contributed by atoms with Crippen molar-refractivity contribution in [2.45, 2.75) is 27.3 Å². The molecule has 0 fully saturated rings. The minimum absolute atomic E-state index is 0.255. The minimum atomic E-state index is -0.489. The zero-order valence-electron chi connectivity index (χ0n) is 17.9. The molecule has 1 aromatic heterocycles. The van der Waals surface area contributed by atoms with E-state index in [1.165, 1.54) is 12.1 Å². The molecule has 0 aliphatic carbocycles. The number of hydrogen-bond acceptors (Lipinski definition) is 3. The highest BCUT2D eigenvalue weighted by Crippen LogP contribution is 2.35. The molecule has 1 N–H and O–H groups in total. The van der Waals surface area contributed by atoms with E-state index in [4.69, 9.17) is 4.74 Å². The van der Waals surface area contributed by atoms with Gasteiger partial charge < -0.3 is 19.5 Å². The molecule has 2 aromatic carbocycles. The monoisotopic (exact) mass is 423 g/mol. The van der Waals surface area contributed by atoms with E-state index in [9.17, 15) is 14.0 Å². The van der Waals surface area contributed by atoms with Crippen LogP contribution in [0.4, 0.5) is 14.9 Å². The summed E-state index contributed by atoms with van der Waals surface area (Å²) in [6.45, 7) is 6.83. The highest BCUT2D eigenvalue weighted by atomic mass is 19.1. The SMILES string of the molecule is C/C=C/C(=O)Nc1c(OC(=O)N(CC)CC)ccc2c1ccn2Cc1ccccc1F. The van der Waals surface area contributed by atoms with E-state index in [1.54, 1.807) is 48.2 Å². The first kappa shape index (κ1) is 22.1. The molecule has 31 heavy (non-hydrogen) atoms. The Bertz CT molecular complexity index is 1120. The van der Waals surface area contributed by atoms with E-state index in [0.717, 1.165) is 5.52 Å². The van der Waals surface area contributed by atoms with E-state index in [2.05, 4.69) is 5.32 Å². The van der Waals surface area contributed by atoms with E-state index >= 15 is 0 Å². The number of anilines is 1. The van der Waals surface area contributed by atoms with E-state index in [1.807, 2.05) is 30.7 Å². The van der Waals surface area contributed by atoms with Crippen molar-refractivity contribution in [2.75, 3.05) is 18.4 Å². The van der Waals surface area contributed by atoms with E-state index < -0.39 is 6.09 Å². The quantitative estimate of drug-likeness (QED) is 0.533. The second-order valence-corrected chi connectivity index (χ2v) is 6.94. The van der Waals surface area contributed by atoms with Crippen LogP contribution in [0.3, 0.4) is 0 Å². The first-order chi connectivity index (χ1) is 15.0. The molecule has 3 rings (SSSR count). The summed E-state index contributed by atoms with van der Waals surface area (Å²) in [5.41, 5.74) is 1.73. The van der Waals surface area contributed by atoms with Gasteiger partial charge in [-0.3, -0.25) is 4.79 Å². The van der Waals surface area contributed by atoms with E-state index in [-0.39, 0.29) is 17.5 Å². The summed E-state index contributed by atoms with van der Waals surface area (Å²) in [5, 5.41) is 3.51. The van der Waals surface area contributed by atoms with Gasteiger partial charge in [-0.15, -0.1) is 0 Å². The maximum Gasteiger partial charge on any atom is 0.415 e. The molecule has 0 bridgehead atoms. The topological polar surface area (TPSA) is 63.6 Å². The molecule has 0 spiro atoms. The van der Waals surface area contributed by atoms with Crippen LogP contribution in [0.2, 0.25) is 0 Å². The summed E-state index contributed by atoms with van der Waals surface area (Å²) < 4.78 is 21.6. The van der Waals surface area contributed by atoms with Crippen LogP contribution < -0.4 is 10.1 Å². The number of aromatic nitrogens is 1. The molecule has 6 nitrogen and oxygen atoms in total. The fourth-order valence-corrected chi connectivity index (χ4v) is 3.37. The molecule has 0 atom stereocenters. The number of allylic oxidation sites excluding steroid dienone is 1. The number of ether oxygens (including phenoxy) is 1. The lowest BCUT2D eigenvalue weighted by molar-refractivity contribution is -0.111. The number of hydrogen-bond donors (Lipinski definition) is 1. The second-order valence-electron chi connectivity index (χ2n) is 6.94. The summed E-state index contributed by atoms with van der Waals surface area (Å²) >= 11 is 0. The second kappa shape index (κ2) is 9.93. The molecule has 1 heterocycles. The molecular formula is C24H26FN3O3. The number of carbonyl (C=O) groups is 2. The minimum Gasteiger partial charge on any atom is -0.408 e. The van der Waals surface area contributed by atoms with Crippen molar-refractivity contribution >= 4 is 28.6 Å². The van der Waals surface area contributed by atoms with Gasteiger partial charge in [-0.05, 0) is 51.1 Å². The average Bonchev–Trinajstić information content (AvgIpc) is 3.15. The highest BCUT2D eigenvalue weighted by Gasteiger charge is 2.19. The van der Waals surface area contributed by atoms with Crippen molar-refractivity contribution in [3.63, 3.8) is 0 Å². The Morgan fingerprint density at radius 1 is 1.13 bits per heavy atom. The van der Waals surface area contributed by atoms with E-state index in [0.29, 0.717) is 36.3 Å². The first-order valence-corrected chi connectivity index (χ1v) is 10.2. The third-order valence-corrected chi connectivity index (χ3v) is 5.00. The van der Waals surface area contributed by atoms with Gasteiger partial charge in [0, 0.05) is 30.2 Å². The van der Waals surface area contributed by atoms with Gasteiger partial charge >= 0.3 is 6.09 Å². The van der Waals surface area contributed by atoms with Crippen LogP contribution in [0.5, 0.6) is 5.75 Å². The van der Waals surface area contributed by atoms with Gasteiger partial charge in [0.15, 0.2) is 5.75 Å². The van der Waals surface area contributed by atoms with Crippen molar-refractivity contribution in [3.8, 4) is 5.75 Å². The van der Waals surface area contributed by atoms with Crippen LogP contribution in [0, 0.1) is 5.82 Å². The molecule has 0 aliphatic heterocycles. The predicted octanol–water partition coefficient (Wildman–Crippen LogP) is 5.18. The third kappa shape index (κ3) is 4.94. The van der Waals surface area contributed by atoms with Crippen molar-refractivity contribution in [2.24, 2.45) is 0 Å². The Balaban J connectivity index is 2.03.